The highest BCUT2D eigenvalue weighted by Crippen LogP contribution is 2.21. The van der Waals surface area contributed by atoms with E-state index in [4.69, 9.17) is 10.2 Å². The van der Waals surface area contributed by atoms with Gasteiger partial charge in [0, 0.05) is 7.05 Å². The Hall–Kier alpha value is -2.41. The first-order valence-electron chi connectivity index (χ1n) is 6.69. The molecule has 2 aromatic rings. The molecular formula is C14H20N6O. The molecule has 4 N–H and O–H groups in total. The Morgan fingerprint density at radius 1 is 1.33 bits per heavy atom. The van der Waals surface area contributed by atoms with Crippen LogP contribution >= 0.6 is 0 Å². The van der Waals surface area contributed by atoms with Gasteiger partial charge in [-0.2, -0.15) is 5.10 Å². The van der Waals surface area contributed by atoms with E-state index in [0.717, 1.165) is 5.56 Å². The van der Waals surface area contributed by atoms with E-state index in [-0.39, 0.29) is 0 Å². The molecule has 1 aromatic heterocycles. The summed E-state index contributed by atoms with van der Waals surface area (Å²) < 4.78 is 5.60. The maximum Gasteiger partial charge on any atom is 0.237 e. The van der Waals surface area contributed by atoms with Crippen molar-refractivity contribution in [2.45, 2.75) is 25.4 Å². The molecule has 112 valence electrons. The van der Waals surface area contributed by atoms with Crippen LogP contribution in [0.25, 0.3) is 0 Å². The van der Waals surface area contributed by atoms with Crippen LogP contribution in [0.15, 0.2) is 39.9 Å². The first-order chi connectivity index (χ1) is 10.1. The zero-order valence-electron chi connectivity index (χ0n) is 12.2. The van der Waals surface area contributed by atoms with Crippen LogP contribution in [-0.4, -0.2) is 23.6 Å². The molecule has 0 saturated heterocycles. The molecule has 21 heavy (non-hydrogen) atoms. The van der Waals surface area contributed by atoms with E-state index in [1.165, 1.54) is 6.34 Å². The lowest BCUT2D eigenvalue weighted by Crippen LogP contribution is -2.35. The molecular weight excluding hydrogens is 268 g/mol. The minimum Gasteiger partial charge on any atom is -0.421 e. The van der Waals surface area contributed by atoms with Gasteiger partial charge in [-0.15, -0.1) is 10.2 Å². The summed E-state index contributed by atoms with van der Waals surface area (Å²) in [5.74, 6) is 0.865. The van der Waals surface area contributed by atoms with Crippen molar-refractivity contribution in [2.75, 3.05) is 7.05 Å². The summed E-state index contributed by atoms with van der Waals surface area (Å²) in [5.41, 5.74) is 9.51. The SMILES string of the molecule is CN/C=N\NCc1nnc([C@](C)(N)Cc2ccccc2)o1. The van der Waals surface area contributed by atoms with Crippen LogP contribution in [0.4, 0.5) is 0 Å². The van der Waals surface area contributed by atoms with Gasteiger partial charge >= 0.3 is 0 Å². The number of hydrogen-bond donors (Lipinski definition) is 3. The van der Waals surface area contributed by atoms with Gasteiger partial charge in [-0.25, -0.2) is 0 Å². The summed E-state index contributed by atoms with van der Waals surface area (Å²) in [6, 6.07) is 9.98. The second kappa shape index (κ2) is 6.85. The van der Waals surface area contributed by atoms with Crippen LogP contribution in [0.5, 0.6) is 0 Å². The van der Waals surface area contributed by atoms with E-state index in [0.29, 0.717) is 24.7 Å². The normalized spacial score (nSPS) is 14.0. The zero-order valence-corrected chi connectivity index (χ0v) is 12.2. The Bertz CT molecular complexity index is 578. The molecule has 0 saturated carbocycles. The summed E-state index contributed by atoms with van der Waals surface area (Å²) >= 11 is 0. The molecule has 0 spiro atoms. The van der Waals surface area contributed by atoms with Gasteiger partial charge in [0.1, 0.15) is 12.9 Å². The van der Waals surface area contributed by atoms with Gasteiger partial charge in [0.2, 0.25) is 11.8 Å². The number of benzene rings is 1. The predicted molar refractivity (Wildman–Crippen MR) is 80.4 cm³/mol. The molecule has 7 heteroatoms. The number of rotatable bonds is 7. The lowest BCUT2D eigenvalue weighted by Gasteiger charge is -2.20. The fourth-order valence-electron chi connectivity index (χ4n) is 1.87. The second-order valence-corrected chi connectivity index (χ2v) is 4.96. The second-order valence-electron chi connectivity index (χ2n) is 4.96. The van der Waals surface area contributed by atoms with E-state index in [9.17, 15) is 0 Å². The minimum atomic E-state index is -0.707. The van der Waals surface area contributed by atoms with E-state index in [2.05, 4.69) is 26.0 Å². The third kappa shape index (κ3) is 4.28. The van der Waals surface area contributed by atoms with Crippen molar-refractivity contribution in [3.8, 4) is 0 Å². The Kier molecular flexibility index (Phi) is 4.89. The number of nitrogens with zero attached hydrogens (tertiary/aromatic N) is 3. The average Bonchev–Trinajstić information content (AvgIpc) is 2.94. The molecule has 1 atom stereocenters. The molecule has 7 nitrogen and oxygen atoms in total. The summed E-state index contributed by atoms with van der Waals surface area (Å²) in [7, 11) is 1.76. The smallest absolute Gasteiger partial charge is 0.237 e. The average molecular weight is 288 g/mol. The first-order valence-corrected chi connectivity index (χ1v) is 6.69. The van der Waals surface area contributed by atoms with Crippen molar-refractivity contribution in [1.82, 2.24) is 20.9 Å². The highest BCUT2D eigenvalue weighted by molar-refractivity contribution is 5.52. The molecule has 0 aliphatic heterocycles. The van der Waals surface area contributed by atoms with Gasteiger partial charge in [0.05, 0.1) is 5.54 Å². The quantitative estimate of drug-likeness (QED) is 0.394. The predicted octanol–water partition coefficient (Wildman–Crippen LogP) is 0.739. The highest BCUT2D eigenvalue weighted by atomic mass is 16.4. The Balaban J connectivity index is 2.00. The molecule has 0 aliphatic carbocycles. The molecule has 2 rings (SSSR count). The molecule has 0 unspecified atom stereocenters. The van der Waals surface area contributed by atoms with Gasteiger partial charge in [-0.1, -0.05) is 30.3 Å². The van der Waals surface area contributed by atoms with Crippen LogP contribution in [0, 0.1) is 0 Å². The van der Waals surface area contributed by atoms with Gasteiger partial charge < -0.3 is 15.5 Å². The van der Waals surface area contributed by atoms with Crippen molar-refractivity contribution >= 4 is 6.34 Å². The van der Waals surface area contributed by atoms with Crippen molar-refractivity contribution < 1.29 is 4.42 Å². The number of hydrazone groups is 1. The lowest BCUT2D eigenvalue weighted by atomic mass is 9.94. The summed E-state index contributed by atoms with van der Waals surface area (Å²) in [5, 5.41) is 14.7. The Labute approximate surface area is 123 Å². The standard InChI is InChI=1S/C14H20N6O/c1-14(15,8-11-6-4-3-5-7-11)13-20-19-12(21-13)9-17-18-10-16-2/h3-7,10,17H,8-9,15H2,1-2H3,(H,16,18)/t14-/m1/s1. The van der Waals surface area contributed by atoms with Crippen molar-refractivity contribution in [3.63, 3.8) is 0 Å². The van der Waals surface area contributed by atoms with E-state index < -0.39 is 5.54 Å². The molecule has 0 amide bonds. The maximum absolute atomic E-state index is 6.30. The van der Waals surface area contributed by atoms with Gasteiger partial charge in [0.15, 0.2) is 0 Å². The molecule has 0 aliphatic rings. The largest absolute Gasteiger partial charge is 0.421 e. The Morgan fingerprint density at radius 3 is 2.81 bits per heavy atom. The summed E-state index contributed by atoms with van der Waals surface area (Å²) in [6.45, 7) is 2.23. The lowest BCUT2D eigenvalue weighted by molar-refractivity contribution is 0.333. The van der Waals surface area contributed by atoms with E-state index in [1.54, 1.807) is 7.05 Å². The third-order valence-corrected chi connectivity index (χ3v) is 2.88. The summed E-state index contributed by atoms with van der Waals surface area (Å²) in [4.78, 5) is 0. The third-order valence-electron chi connectivity index (χ3n) is 2.88. The van der Waals surface area contributed by atoms with E-state index in [1.807, 2.05) is 37.3 Å². The van der Waals surface area contributed by atoms with Crippen LogP contribution in [0.3, 0.4) is 0 Å². The monoisotopic (exact) mass is 288 g/mol. The molecule has 0 fully saturated rings. The van der Waals surface area contributed by atoms with E-state index >= 15 is 0 Å². The maximum atomic E-state index is 6.30. The number of aromatic nitrogens is 2. The van der Waals surface area contributed by atoms with Crippen molar-refractivity contribution in [3.05, 3.63) is 47.7 Å². The summed E-state index contributed by atoms with van der Waals surface area (Å²) in [6.07, 6.45) is 2.15. The number of hydrogen-bond acceptors (Lipinski definition) is 6. The molecule has 0 bridgehead atoms. The van der Waals surface area contributed by atoms with Gasteiger partial charge in [-0.05, 0) is 18.9 Å². The zero-order chi connectivity index (χ0) is 15.1. The van der Waals surface area contributed by atoms with Gasteiger partial charge in [-0.3, -0.25) is 5.43 Å². The number of nitrogens with two attached hydrogens (primary N) is 1. The molecule has 1 heterocycles. The fraction of sp³-hybridized carbons (Fsp3) is 0.357. The molecule has 1 aromatic carbocycles. The van der Waals surface area contributed by atoms with Crippen LogP contribution in [0.1, 0.15) is 24.3 Å². The number of nitrogens with one attached hydrogen (secondary N) is 2. The first kappa shape index (κ1) is 15.0. The van der Waals surface area contributed by atoms with Crippen LogP contribution in [-0.2, 0) is 18.5 Å². The van der Waals surface area contributed by atoms with Crippen molar-refractivity contribution in [1.29, 1.82) is 0 Å². The minimum absolute atomic E-state index is 0.354. The topological polar surface area (TPSA) is 101 Å². The van der Waals surface area contributed by atoms with Crippen molar-refractivity contribution in [2.24, 2.45) is 10.8 Å². The highest BCUT2D eigenvalue weighted by Gasteiger charge is 2.28. The Morgan fingerprint density at radius 2 is 2.10 bits per heavy atom. The molecule has 0 radical (unpaired) electrons. The fourth-order valence-corrected chi connectivity index (χ4v) is 1.87. The van der Waals surface area contributed by atoms with Crippen LogP contribution < -0.4 is 16.5 Å². The van der Waals surface area contributed by atoms with Crippen LogP contribution in [0.2, 0.25) is 0 Å². The van der Waals surface area contributed by atoms with Gasteiger partial charge in [0.25, 0.3) is 0 Å².